The maximum absolute atomic E-state index is 4.62. The summed E-state index contributed by atoms with van der Waals surface area (Å²) in [5.41, 5.74) is 0. The van der Waals surface area contributed by atoms with Gasteiger partial charge in [-0.05, 0) is 23.8 Å². The van der Waals surface area contributed by atoms with Gasteiger partial charge in [-0.1, -0.05) is 6.92 Å². The summed E-state index contributed by atoms with van der Waals surface area (Å²) < 4.78 is 0. The molecular formula is C12H16N4S. The number of nitrogens with zero attached hydrogens (tertiary/aromatic N) is 3. The van der Waals surface area contributed by atoms with E-state index in [4.69, 9.17) is 0 Å². The molecule has 0 aromatic carbocycles. The molecule has 17 heavy (non-hydrogen) atoms. The van der Waals surface area contributed by atoms with Gasteiger partial charge in [0.2, 0.25) is 5.95 Å². The first-order valence-electron chi connectivity index (χ1n) is 5.96. The molecule has 0 amide bonds. The van der Waals surface area contributed by atoms with Gasteiger partial charge in [0, 0.05) is 20.1 Å². The van der Waals surface area contributed by atoms with Crippen LogP contribution in [0.5, 0.6) is 0 Å². The predicted molar refractivity (Wildman–Crippen MR) is 73.0 cm³/mol. The van der Waals surface area contributed by atoms with Crippen molar-refractivity contribution in [1.82, 2.24) is 9.97 Å². The van der Waals surface area contributed by atoms with Crippen molar-refractivity contribution in [3.8, 4) is 0 Å². The monoisotopic (exact) mass is 248 g/mol. The van der Waals surface area contributed by atoms with Crippen LogP contribution in [0.25, 0.3) is 10.2 Å². The highest BCUT2D eigenvalue weighted by molar-refractivity contribution is 7.16. The summed E-state index contributed by atoms with van der Waals surface area (Å²) in [4.78, 5) is 12.5. The predicted octanol–water partition coefficient (Wildman–Crippen LogP) is 2.58. The van der Waals surface area contributed by atoms with Crippen LogP contribution >= 0.6 is 11.3 Å². The molecule has 1 saturated heterocycles. The van der Waals surface area contributed by atoms with Crippen LogP contribution in [0.3, 0.4) is 0 Å². The van der Waals surface area contributed by atoms with E-state index in [1.807, 2.05) is 7.05 Å². The molecule has 0 bridgehead atoms. The molecule has 2 aromatic heterocycles. The molecule has 1 aliphatic rings. The Balaban J connectivity index is 2.10. The summed E-state index contributed by atoms with van der Waals surface area (Å²) in [6.07, 6.45) is 1.25. The SMILES string of the molecule is CNc1nc(N2CCC(C)C2)c2ccsc2n1. The van der Waals surface area contributed by atoms with Gasteiger partial charge in [0.15, 0.2) is 0 Å². The Morgan fingerprint density at radius 3 is 3.06 bits per heavy atom. The van der Waals surface area contributed by atoms with Gasteiger partial charge >= 0.3 is 0 Å². The third kappa shape index (κ3) is 1.84. The van der Waals surface area contributed by atoms with Crippen LogP contribution in [0, 0.1) is 5.92 Å². The lowest BCUT2D eigenvalue weighted by atomic mass is 10.2. The lowest BCUT2D eigenvalue weighted by molar-refractivity contribution is 0.659. The van der Waals surface area contributed by atoms with E-state index in [2.05, 4.69) is 38.6 Å². The fraction of sp³-hybridized carbons (Fsp3) is 0.500. The Kier molecular flexibility index (Phi) is 2.63. The van der Waals surface area contributed by atoms with Crippen LogP contribution in [-0.4, -0.2) is 30.1 Å². The number of nitrogens with one attached hydrogen (secondary N) is 1. The maximum Gasteiger partial charge on any atom is 0.225 e. The highest BCUT2D eigenvalue weighted by Crippen LogP contribution is 2.31. The van der Waals surface area contributed by atoms with E-state index in [0.717, 1.165) is 35.6 Å². The van der Waals surface area contributed by atoms with Gasteiger partial charge in [-0.2, -0.15) is 4.98 Å². The van der Waals surface area contributed by atoms with Crippen LogP contribution in [0.15, 0.2) is 11.4 Å². The minimum Gasteiger partial charge on any atom is -0.357 e. The number of hydrogen-bond acceptors (Lipinski definition) is 5. The van der Waals surface area contributed by atoms with Gasteiger partial charge in [0.25, 0.3) is 0 Å². The lowest BCUT2D eigenvalue weighted by Crippen LogP contribution is -2.21. The van der Waals surface area contributed by atoms with E-state index < -0.39 is 0 Å². The average Bonchev–Trinajstić information content (AvgIpc) is 2.95. The van der Waals surface area contributed by atoms with Gasteiger partial charge in [-0.25, -0.2) is 4.98 Å². The van der Waals surface area contributed by atoms with E-state index >= 15 is 0 Å². The molecule has 3 heterocycles. The molecular weight excluding hydrogens is 232 g/mol. The van der Waals surface area contributed by atoms with Crippen LogP contribution in [0.2, 0.25) is 0 Å². The molecule has 0 saturated carbocycles. The Morgan fingerprint density at radius 2 is 2.35 bits per heavy atom. The minimum absolute atomic E-state index is 0.717. The van der Waals surface area contributed by atoms with E-state index in [1.54, 1.807) is 11.3 Å². The molecule has 0 aliphatic carbocycles. The summed E-state index contributed by atoms with van der Waals surface area (Å²) in [7, 11) is 1.87. The van der Waals surface area contributed by atoms with E-state index in [9.17, 15) is 0 Å². The first kappa shape index (κ1) is 10.8. The van der Waals surface area contributed by atoms with Crippen LogP contribution in [0.1, 0.15) is 13.3 Å². The van der Waals surface area contributed by atoms with Crippen molar-refractivity contribution in [3.05, 3.63) is 11.4 Å². The van der Waals surface area contributed by atoms with Crippen molar-refractivity contribution in [1.29, 1.82) is 0 Å². The van der Waals surface area contributed by atoms with Crippen LogP contribution < -0.4 is 10.2 Å². The number of rotatable bonds is 2. The quantitative estimate of drug-likeness (QED) is 0.887. The zero-order valence-electron chi connectivity index (χ0n) is 10.1. The molecule has 1 aliphatic heterocycles. The van der Waals surface area contributed by atoms with E-state index in [-0.39, 0.29) is 0 Å². The molecule has 0 radical (unpaired) electrons. The molecule has 1 fully saturated rings. The first-order chi connectivity index (χ1) is 8.28. The number of aromatic nitrogens is 2. The molecule has 0 spiro atoms. The summed E-state index contributed by atoms with van der Waals surface area (Å²) in [5.74, 6) is 2.57. The standard InChI is InChI=1S/C12H16N4S/c1-8-3-5-16(7-8)10-9-4-6-17-11(9)15-12(13-2)14-10/h4,6,8H,3,5,7H2,1-2H3,(H,13,14,15). The largest absolute Gasteiger partial charge is 0.357 e. The van der Waals surface area contributed by atoms with Gasteiger partial charge < -0.3 is 10.2 Å². The molecule has 3 rings (SSSR count). The van der Waals surface area contributed by atoms with Crippen LogP contribution in [-0.2, 0) is 0 Å². The molecule has 5 heteroatoms. The van der Waals surface area contributed by atoms with Crippen molar-refractivity contribution in [2.75, 3.05) is 30.4 Å². The molecule has 1 atom stereocenters. The Morgan fingerprint density at radius 1 is 1.47 bits per heavy atom. The highest BCUT2D eigenvalue weighted by Gasteiger charge is 2.22. The average molecular weight is 248 g/mol. The maximum atomic E-state index is 4.62. The summed E-state index contributed by atoms with van der Waals surface area (Å²) in [6.45, 7) is 4.50. The van der Waals surface area contributed by atoms with Crippen molar-refractivity contribution in [2.45, 2.75) is 13.3 Å². The van der Waals surface area contributed by atoms with Crippen molar-refractivity contribution >= 4 is 33.3 Å². The van der Waals surface area contributed by atoms with Crippen molar-refractivity contribution < 1.29 is 0 Å². The number of thiophene rings is 1. The summed E-state index contributed by atoms with van der Waals surface area (Å²) in [6, 6.07) is 2.12. The smallest absolute Gasteiger partial charge is 0.225 e. The van der Waals surface area contributed by atoms with E-state index in [1.165, 1.54) is 11.8 Å². The van der Waals surface area contributed by atoms with Crippen molar-refractivity contribution in [3.63, 3.8) is 0 Å². The molecule has 4 nitrogen and oxygen atoms in total. The summed E-state index contributed by atoms with van der Waals surface area (Å²) in [5, 5.41) is 6.31. The molecule has 1 N–H and O–H groups in total. The van der Waals surface area contributed by atoms with Crippen molar-refractivity contribution in [2.24, 2.45) is 5.92 Å². The third-order valence-corrected chi connectivity index (χ3v) is 4.06. The number of anilines is 2. The topological polar surface area (TPSA) is 41.1 Å². The Hall–Kier alpha value is -1.36. The van der Waals surface area contributed by atoms with Gasteiger partial charge in [0.1, 0.15) is 10.6 Å². The Labute approximate surface area is 105 Å². The fourth-order valence-electron chi connectivity index (χ4n) is 2.32. The normalized spacial score (nSPS) is 20.1. The van der Waals surface area contributed by atoms with Gasteiger partial charge in [0.05, 0.1) is 5.39 Å². The highest BCUT2D eigenvalue weighted by atomic mass is 32.1. The second-order valence-corrected chi connectivity index (χ2v) is 5.49. The second kappa shape index (κ2) is 4.14. The molecule has 2 aromatic rings. The number of fused-ring (bicyclic) bond motifs is 1. The second-order valence-electron chi connectivity index (χ2n) is 4.60. The van der Waals surface area contributed by atoms with Gasteiger partial charge in [-0.15, -0.1) is 11.3 Å². The third-order valence-electron chi connectivity index (χ3n) is 3.25. The van der Waals surface area contributed by atoms with E-state index in [0.29, 0.717) is 0 Å². The van der Waals surface area contributed by atoms with Crippen LogP contribution in [0.4, 0.5) is 11.8 Å². The minimum atomic E-state index is 0.717. The summed E-state index contributed by atoms with van der Waals surface area (Å²) >= 11 is 1.67. The van der Waals surface area contributed by atoms with Gasteiger partial charge in [-0.3, -0.25) is 0 Å². The first-order valence-corrected chi connectivity index (χ1v) is 6.84. The molecule has 90 valence electrons. The zero-order valence-corrected chi connectivity index (χ0v) is 10.9. The fourth-order valence-corrected chi connectivity index (χ4v) is 3.08. The number of hydrogen-bond donors (Lipinski definition) is 1. The molecule has 1 unspecified atom stereocenters. The zero-order chi connectivity index (χ0) is 11.8. The lowest BCUT2D eigenvalue weighted by Gasteiger charge is -2.18. The Bertz CT molecular complexity index is 536.